The van der Waals surface area contributed by atoms with Crippen LogP contribution < -0.4 is 5.56 Å². The molecule has 0 saturated carbocycles. The van der Waals surface area contributed by atoms with Crippen LogP contribution >= 0.6 is 11.6 Å². The van der Waals surface area contributed by atoms with Gasteiger partial charge in [-0.1, -0.05) is 16.8 Å². The molecule has 9 heteroatoms. The van der Waals surface area contributed by atoms with E-state index < -0.39 is 5.82 Å². The third-order valence-electron chi connectivity index (χ3n) is 3.73. The maximum atomic E-state index is 13.3. The summed E-state index contributed by atoms with van der Waals surface area (Å²) in [7, 11) is 0. The average Bonchev–Trinajstić information content (AvgIpc) is 3.14. The molecular formula is C18H11ClFN5O2. The van der Waals surface area contributed by atoms with Crippen molar-refractivity contribution in [3.8, 4) is 22.8 Å². The Bertz CT molecular complexity index is 1170. The molecule has 27 heavy (non-hydrogen) atoms. The van der Waals surface area contributed by atoms with Gasteiger partial charge in [-0.05, 0) is 23.8 Å². The summed E-state index contributed by atoms with van der Waals surface area (Å²) in [6.45, 7) is 0.167. The Kier molecular flexibility index (Phi) is 4.47. The minimum absolute atomic E-state index is 0.167. The summed E-state index contributed by atoms with van der Waals surface area (Å²) in [5.74, 6) is 0.0952. The lowest BCUT2D eigenvalue weighted by molar-refractivity contribution is 0.432. The highest BCUT2D eigenvalue weighted by Gasteiger charge is 2.12. The summed E-state index contributed by atoms with van der Waals surface area (Å²) in [6.07, 6.45) is 7.24. The van der Waals surface area contributed by atoms with E-state index in [4.69, 9.17) is 16.1 Å². The van der Waals surface area contributed by atoms with Crippen molar-refractivity contribution in [1.29, 1.82) is 0 Å². The Morgan fingerprint density at radius 1 is 1.07 bits per heavy atom. The molecule has 4 heterocycles. The third-order valence-corrected chi connectivity index (χ3v) is 3.94. The van der Waals surface area contributed by atoms with Crippen molar-refractivity contribution >= 4 is 11.6 Å². The van der Waals surface area contributed by atoms with Crippen LogP contribution in [-0.2, 0) is 6.54 Å². The lowest BCUT2D eigenvalue weighted by Gasteiger charge is -2.06. The van der Waals surface area contributed by atoms with Crippen LogP contribution in [-0.4, -0.2) is 24.7 Å². The quantitative estimate of drug-likeness (QED) is 0.538. The monoisotopic (exact) mass is 383 g/mol. The van der Waals surface area contributed by atoms with Crippen molar-refractivity contribution in [2.45, 2.75) is 6.54 Å². The van der Waals surface area contributed by atoms with Crippen LogP contribution in [0.2, 0.25) is 5.02 Å². The number of halogens is 2. The molecule has 4 rings (SSSR count). The van der Waals surface area contributed by atoms with E-state index in [1.165, 1.54) is 29.1 Å². The number of rotatable bonds is 4. The Morgan fingerprint density at radius 3 is 2.74 bits per heavy atom. The zero-order valence-corrected chi connectivity index (χ0v) is 14.5. The van der Waals surface area contributed by atoms with Crippen LogP contribution in [0.3, 0.4) is 0 Å². The zero-order chi connectivity index (χ0) is 18.8. The molecule has 4 aromatic heterocycles. The summed E-state index contributed by atoms with van der Waals surface area (Å²) in [6, 6.07) is 5.96. The van der Waals surface area contributed by atoms with Gasteiger partial charge in [-0.25, -0.2) is 4.39 Å². The largest absolute Gasteiger partial charge is 0.334 e. The second-order valence-electron chi connectivity index (χ2n) is 5.71. The number of aromatic nitrogens is 5. The number of hydrogen-bond donors (Lipinski definition) is 0. The molecule has 0 saturated heterocycles. The fraction of sp³-hybridized carbons (Fsp3) is 0.0556. The predicted octanol–water partition coefficient (Wildman–Crippen LogP) is 3.20. The van der Waals surface area contributed by atoms with E-state index in [-0.39, 0.29) is 18.0 Å². The van der Waals surface area contributed by atoms with Crippen molar-refractivity contribution < 1.29 is 8.91 Å². The van der Waals surface area contributed by atoms with Gasteiger partial charge in [-0.2, -0.15) is 4.98 Å². The van der Waals surface area contributed by atoms with Gasteiger partial charge < -0.3 is 9.09 Å². The van der Waals surface area contributed by atoms with Crippen LogP contribution in [0.25, 0.3) is 22.8 Å². The maximum Gasteiger partial charge on any atom is 0.259 e. The Labute approximate surface area is 157 Å². The van der Waals surface area contributed by atoms with E-state index in [1.807, 2.05) is 0 Å². The molecule has 0 radical (unpaired) electrons. The van der Waals surface area contributed by atoms with Crippen LogP contribution in [0.15, 0.2) is 64.6 Å². The molecule has 0 amide bonds. The smallest absolute Gasteiger partial charge is 0.259 e. The van der Waals surface area contributed by atoms with Crippen molar-refractivity contribution in [1.82, 2.24) is 24.7 Å². The molecule has 7 nitrogen and oxygen atoms in total. The normalized spacial score (nSPS) is 10.9. The molecule has 0 aliphatic heterocycles. The Hall–Kier alpha value is -3.39. The highest BCUT2D eigenvalue weighted by atomic mass is 35.5. The van der Waals surface area contributed by atoms with Crippen LogP contribution in [0.4, 0.5) is 4.39 Å². The second-order valence-corrected chi connectivity index (χ2v) is 6.15. The number of nitrogens with zero attached hydrogens (tertiary/aromatic N) is 5. The summed E-state index contributed by atoms with van der Waals surface area (Å²) in [4.78, 5) is 24.2. The minimum atomic E-state index is -0.463. The van der Waals surface area contributed by atoms with E-state index in [9.17, 15) is 9.18 Å². The van der Waals surface area contributed by atoms with Crippen molar-refractivity contribution in [2.75, 3.05) is 0 Å². The van der Waals surface area contributed by atoms with Crippen LogP contribution in [0.1, 0.15) is 5.56 Å². The Morgan fingerprint density at radius 2 is 1.93 bits per heavy atom. The molecular weight excluding hydrogens is 373 g/mol. The highest BCUT2D eigenvalue weighted by Crippen LogP contribution is 2.23. The first-order valence-corrected chi connectivity index (χ1v) is 8.21. The lowest BCUT2D eigenvalue weighted by atomic mass is 10.2. The molecule has 0 N–H and O–H groups in total. The van der Waals surface area contributed by atoms with Crippen molar-refractivity contribution in [2.24, 2.45) is 0 Å². The summed E-state index contributed by atoms with van der Waals surface area (Å²) >= 11 is 5.92. The first-order valence-electron chi connectivity index (χ1n) is 7.83. The van der Waals surface area contributed by atoms with Crippen LogP contribution in [0, 0.1) is 5.82 Å². The zero-order valence-electron chi connectivity index (χ0n) is 13.7. The standard InChI is InChI=1S/C18H11ClFN5O2/c19-14-4-13(6-22-7-14)18-23-17(24-27-18)12-1-2-16(26)25(10-12)9-11-3-15(20)8-21-5-11/h1-8,10H,9H2. The van der Waals surface area contributed by atoms with E-state index >= 15 is 0 Å². The minimum Gasteiger partial charge on any atom is -0.334 e. The van der Waals surface area contributed by atoms with Crippen molar-refractivity contribution in [3.05, 3.63) is 82.0 Å². The Balaban J connectivity index is 1.66. The molecule has 0 bridgehead atoms. The van der Waals surface area contributed by atoms with Gasteiger partial charge in [0.25, 0.3) is 11.4 Å². The molecule has 0 unspecified atom stereocenters. The van der Waals surface area contributed by atoms with Gasteiger partial charge in [-0.15, -0.1) is 0 Å². The summed E-state index contributed by atoms with van der Waals surface area (Å²) < 4.78 is 20.0. The fourth-order valence-electron chi connectivity index (χ4n) is 2.51. The van der Waals surface area contributed by atoms with Gasteiger partial charge in [0, 0.05) is 36.4 Å². The summed E-state index contributed by atoms with van der Waals surface area (Å²) in [5, 5.41) is 4.39. The fourth-order valence-corrected chi connectivity index (χ4v) is 2.69. The highest BCUT2D eigenvalue weighted by molar-refractivity contribution is 6.30. The third kappa shape index (κ3) is 3.75. The van der Waals surface area contributed by atoms with Gasteiger partial charge in [0.15, 0.2) is 0 Å². The molecule has 134 valence electrons. The van der Waals surface area contributed by atoms with Crippen LogP contribution in [0.5, 0.6) is 0 Å². The van der Waals surface area contributed by atoms with Gasteiger partial charge in [0.2, 0.25) is 5.82 Å². The van der Waals surface area contributed by atoms with Crippen molar-refractivity contribution in [3.63, 3.8) is 0 Å². The van der Waals surface area contributed by atoms with Gasteiger partial charge in [0.05, 0.1) is 23.3 Å². The topological polar surface area (TPSA) is 86.7 Å². The SMILES string of the molecule is O=c1ccc(-c2noc(-c3cncc(Cl)c3)n2)cn1Cc1cncc(F)c1. The second kappa shape index (κ2) is 7.08. The lowest BCUT2D eigenvalue weighted by Crippen LogP contribution is -2.19. The first kappa shape index (κ1) is 17.0. The maximum absolute atomic E-state index is 13.3. The molecule has 4 aromatic rings. The van der Waals surface area contributed by atoms with Gasteiger partial charge in [0.1, 0.15) is 5.82 Å². The number of hydrogen-bond acceptors (Lipinski definition) is 6. The molecule has 0 aromatic carbocycles. The van der Waals surface area contributed by atoms with Gasteiger partial charge in [-0.3, -0.25) is 14.8 Å². The summed E-state index contributed by atoms with van der Waals surface area (Å²) in [5.41, 5.74) is 1.48. The molecule has 0 aliphatic rings. The van der Waals surface area contributed by atoms with E-state index in [0.717, 1.165) is 6.20 Å². The van der Waals surface area contributed by atoms with E-state index in [1.54, 1.807) is 24.5 Å². The molecule has 0 aliphatic carbocycles. The number of pyridine rings is 3. The molecule has 0 spiro atoms. The first-order chi connectivity index (χ1) is 13.1. The molecule has 0 atom stereocenters. The predicted molar refractivity (Wildman–Crippen MR) is 95.5 cm³/mol. The molecule has 0 fully saturated rings. The average molecular weight is 384 g/mol. The van der Waals surface area contributed by atoms with E-state index in [0.29, 0.717) is 27.5 Å². The van der Waals surface area contributed by atoms with E-state index in [2.05, 4.69) is 20.1 Å². The van der Waals surface area contributed by atoms with Gasteiger partial charge >= 0.3 is 0 Å².